The van der Waals surface area contributed by atoms with Gasteiger partial charge in [0, 0.05) is 25.0 Å². The van der Waals surface area contributed by atoms with E-state index in [4.69, 9.17) is 0 Å². The quantitative estimate of drug-likeness (QED) is 0.790. The molecule has 1 N–H and O–H groups in total. The Kier molecular flexibility index (Phi) is 6.72. The number of nitriles is 1. The Hall–Kier alpha value is -3.34. The molecule has 1 aromatic heterocycles. The monoisotopic (exact) mass is 409 g/mol. The van der Waals surface area contributed by atoms with Crippen molar-refractivity contribution in [3.05, 3.63) is 59.9 Å². The molecule has 0 radical (unpaired) electrons. The first kappa shape index (κ1) is 21.4. The maximum absolute atomic E-state index is 13.3. The average molecular weight is 409 g/mol. The van der Waals surface area contributed by atoms with Crippen molar-refractivity contribution in [1.29, 1.82) is 5.26 Å². The number of likely N-dealkylation sites (tertiary alicyclic amines) is 1. The van der Waals surface area contributed by atoms with Gasteiger partial charge in [0.2, 0.25) is 5.91 Å². The van der Waals surface area contributed by atoms with E-state index in [1.165, 1.54) is 30.7 Å². The molecule has 1 saturated heterocycles. The third kappa shape index (κ3) is 4.98. The van der Waals surface area contributed by atoms with Crippen LogP contribution in [0.5, 0.6) is 0 Å². The number of halogens is 1. The molecule has 1 aromatic carbocycles. The van der Waals surface area contributed by atoms with E-state index in [0.29, 0.717) is 19.4 Å². The summed E-state index contributed by atoms with van der Waals surface area (Å²) in [7, 11) is 0. The van der Waals surface area contributed by atoms with Crippen LogP contribution in [0.2, 0.25) is 0 Å². The first-order chi connectivity index (χ1) is 14.4. The Morgan fingerprint density at radius 3 is 2.70 bits per heavy atom. The van der Waals surface area contributed by atoms with Crippen molar-refractivity contribution >= 4 is 11.8 Å². The van der Waals surface area contributed by atoms with Gasteiger partial charge in [0.1, 0.15) is 17.6 Å². The van der Waals surface area contributed by atoms with Crippen molar-refractivity contribution in [1.82, 2.24) is 20.2 Å². The number of aromatic nitrogens is 2. The van der Waals surface area contributed by atoms with Crippen LogP contribution in [0.1, 0.15) is 36.3 Å². The Bertz CT molecular complexity index is 929. The summed E-state index contributed by atoms with van der Waals surface area (Å²) in [6.07, 6.45) is 5.21. The molecule has 2 heterocycles. The molecule has 1 aliphatic rings. The molecule has 1 fully saturated rings. The minimum absolute atomic E-state index is 0.144. The van der Waals surface area contributed by atoms with E-state index in [9.17, 15) is 19.2 Å². The number of nitrogens with one attached hydrogen (secondary N) is 1. The van der Waals surface area contributed by atoms with E-state index >= 15 is 0 Å². The average Bonchev–Trinajstić information content (AvgIpc) is 3.15. The van der Waals surface area contributed by atoms with Crippen LogP contribution in [0, 0.1) is 29.0 Å². The van der Waals surface area contributed by atoms with Gasteiger partial charge in [-0.2, -0.15) is 5.26 Å². The molecular formula is C22H24FN5O2. The van der Waals surface area contributed by atoms with Crippen molar-refractivity contribution in [3.63, 3.8) is 0 Å². The highest BCUT2D eigenvalue weighted by molar-refractivity contribution is 5.92. The number of hydrogen-bond donors (Lipinski definition) is 1. The standard InChI is InChI=1S/C22H24FN5O2/c1-14-9-18(11-24)28(13-14)22(30)15(2)19(10-16-3-5-17(23)6-4-16)27-21(29)20-12-25-7-8-26-20/h3-8,12,14-15,18-19H,9-10,13H2,1-2H3,(H,27,29). The highest BCUT2D eigenvalue weighted by atomic mass is 19.1. The predicted octanol–water partition coefficient (Wildman–Crippen LogP) is 2.35. The molecule has 156 valence electrons. The van der Waals surface area contributed by atoms with Crippen LogP contribution in [-0.2, 0) is 11.2 Å². The summed E-state index contributed by atoms with van der Waals surface area (Å²) in [6, 6.07) is 7.12. The van der Waals surface area contributed by atoms with Crippen molar-refractivity contribution in [2.45, 2.75) is 38.8 Å². The van der Waals surface area contributed by atoms with E-state index in [1.807, 2.05) is 6.92 Å². The number of carbonyl (C=O) groups excluding carboxylic acids is 2. The summed E-state index contributed by atoms with van der Waals surface area (Å²) >= 11 is 0. The Morgan fingerprint density at radius 2 is 2.07 bits per heavy atom. The van der Waals surface area contributed by atoms with Gasteiger partial charge in [0.15, 0.2) is 0 Å². The molecule has 7 nitrogen and oxygen atoms in total. The van der Waals surface area contributed by atoms with E-state index in [2.05, 4.69) is 21.4 Å². The fourth-order valence-corrected chi connectivity index (χ4v) is 3.73. The van der Waals surface area contributed by atoms with Gasteiger partial charge in [-0.3, -0.25) is 14.6 Å². The highest BCUT2D eigenvalue weighted by Crippen LogP contribution is 2.25. The van der Waals surface area contributed by atoms with Gasteiger partial charge in [-0.05, 0) is 36.5 Å². The first-order valence-electron chi connectivity index (χ1n) is 9.90. The Balaban J connectivity index is 1.82. The minimum Gasteiger partial charge on any atom is -0.347 e. The van der Waals surface area contributed by atoms with Crippen LogP contribution >= 0.6 is 0 Å². The van der Waals surface area contributed by atoms with E-state index in [1.54, 1.807) is 24.0 Å². The molecule has 30 heavy (non-hydrogen) atoms. The van der Waals surface area contributed by atoms with Crippen molar-refractivity contribution in [2.24, 2.45) is 11.8 Å². The number of rotatable bonds is 6. The number of nitrogens with zero attached hydrogens (tertiary/aromatic N) is 4. The molecule has 4 unspecified atom stereocenters. The van der Waals surface area contributed by atoms with Gasteiger partial charge >= 0.3 is 0 Å². The topological polar surface area (TPSA) is 99.0 Å². The molecule has 3 rings (SSSR count). The van der Waals surface area contributed by atoms with Gasteiger partial charge in [-0.15, -0.1) is 0 Å². The third-order valence-corrected chi connectivity index (χ3v) is 5.42. The second-order valence-electron chi connectivity index (χ2n) is 7.77. The lowest BCUT2D eigenvalue weighted by Crippen LogP contribution is -2.49. The number of hydrogen-bond acceptors (Lipinski definition) is 5. The van der Waals surface area contributed by atoms with E-state index < -0.39 is 23.9 Å². The largest absolute Gasteiger partial charge is 0.347 e. The molecule has 2 aromatic rings. The second kappa shape index (κ2) is 9.44. The summed E-state index contributed by atoms with van der Waals surface area (Å²) in [5, 5.41) is 12.3. The predicted molar refractivity (Wildman–Crippen MR) is 107 cm³/mol. The zero-order valence-corrected chi connectivity index (χ0v) is 17.0. The van der Waals surface area contributed by atoms with Gasteiger partial charge in [0.05, 0.1) is 18.2 Å². The molecule has 8 heteroatoms. The Labute approximate surface area is 174 Å². The fourth-order valence-electron chi connectivity index (χ4n) is 3.73. The summed E-state index contributed by atoms with van der Waals surface area (Å²) in [5.74, 6) is -1.32. The van der Waals surface area contributed by atoms with Crippen molar-refractivity contribution in [3.8, 4) is 6.07 Å². The van der Waals surface area contributed by atoms with Crippen molar-refractivity contribution < 1.29 is 14.0 Å². The zero-order valence-electron chi connectivity index (χ0n) is 17.0. The molecule has 0 bridgehead atoms. The summed E-state index contributed by atoms with van der Waals surface area (Å²) in [4.78, 5) is 35.4. The third-order valence-electron chi connectivity index (χ3n) is 5.42. The molecular weight excluding hydrogens is 385 g/mol. The number of benzene rings is 1. The van der Waals surface area contributed by atoms with Gasteiger partial charge in [0.25, 0.3) is 5.91 Å². The molecule has 2 amide bonds. The van der Waals surface area contributed by atoms with Crippen LogP contribution in [-0.4, -0.2) is 45.3 Å². The number of amides is 2. The molecule has 0 aliphatic carbocycles. The van der Waals surface area contributed by atoms with Gasteiger partial charge in [-0.25, -0.2) is 9.37 Å². The second-order valence-corrected chi connectivity index (χ2v) is 7.77. The lowest BCUT2D eigenvalue weighted by molar-refractivity contribution is -0.135. The van der Waals surface area contributed by atoms with E-state index in [-0.39, 0.29) is 23.3 Å². The van der Waals surface area contributed by atoms with Crippen LogP contribution in [0.25, 0.3) is 0 Å². The van der Waals surface area contributed by atoms with Crippen LogP contribution < -0.4 is 5.32 Å². The van der Waals surface area contributed by atoms with Crippen LogP contribution in [0.15, 0.2) is 42.9 Å². The number of carbonyl (C=O) groups is 2. The smallest absolute Gasteiger partial charge is 0.271 e. The zero-order chi connectivity index (χ0) is 21.7. The van der Waals surface area contributed by atoms with Crippen LogP contribution in [0.4, 0.5) is 4.39 Å². The Morgan fingerprint density at radius 1 is 1.33 bits per heavy atom. The lowest BCUT2D eigenvalue weighted by atomic mass is 9.93. The maximum Gasteiger partial charge on any atom is 0.271 e. The lowest BCUT2D eigenvalue weighted by Gasteiger charge is -2.29. The SMILES string of the molecule is CC1CC(C#N)N(C(=O)C(C)C(Cc2ccc(F)cc2)NC(=O)c2cnccn2)C1. The maximum atomic E-state index is 13.3. The fraction of sp³-hybridized carbons (Fsp3) is 0.409. The molecule has 0 saturated carbocycles. The summed E-state index contributed by atoms with van der Waals surface area (Å²) in [6.45, 7) is 4.27. The molecule has 1 aliphatic heterocycles. The van der Waals surface area contributed by atoms with Gasteiger partial charge < -0.3 is 10.2 Å². The molecule has 4 atom stereocenters. The first-order valence-corrected chi connectivity index (χ1v) is 9.90. The normalized spacial score (nSPS) is 20.3. The van der Waals surface area contributed by atoms with E-state index in [0.717, 1.165) is 5.56 Å². The highest BCUT2D eigenvalue weighted by Gasteiger charge is 2.38. The molecule has 0 spiro atoms. The van der Waals surface area contributed by atoms with Crippen molar-refractivity contribution in [2.75, 3.05) is 6.54 Å². The minimum atomic E-state index is -0.586. The van der Waals surface area contributed by atoms with Gasteiger partial charge in [-0.1, -0.05) is 26.0 Å². The summed E-state index contributed by atoms with van der Waals surface area (Å²) < 4.78 is 13.3. The summed E-state index contributed by atoms with van der Waals surface area (Å²) in [5.41, 5.74) is 0.929. The van der Waals surface area contributed by atoms with Crippen LogP contribution in [0.3, 0.4) is 0 Å².